The lowest BCUT2D eigenvalue weighted by molar-refractivity contribution is -0.116. The van der Waals surface area contributed by atoms with Gasteiger partial charge in [0.05, 0.1) is 6.61 Å². The van der Waals surface area contributed by atoms with Gasteiger partial charge >= 0.3 is 6.09 Å². The lowest BCUT2D eigenvalue weighted by Crippen LogP contribution is -2.30. The van der Waals surface area contributed by atoms with Gasteiger partial charge < -0.3 is 9.64 Å². The number of hydrogen-bond acceptors (Lipinski definition) is 3. The highest BCUT2D eigenvalue weighted by atomic mass is 16.5. The Bertz CT molecular complexity index is 466. The molecule has 1 aliphatic rings. The molecule has 1 aliphatic carbocycles. The van der Waals surface area contributed by atoms with Crippen LogP contribution in [0.3, 0.4) is 0 Å². The van der Waals surface area contributed by atoms with Crippen molar-refractivity contribution in [2.24, 2.45) is 0 Å². The van der Waals surface area contributed by atoms with Crippen molar-refractivity contribution in [2.45, 2.75) is 32.7 Å². The average Bonchev–Trinajstić information content (AvgIpc) is 3.16. The number of nitrogens with zero attached hydrogens (tertiary/aromatic N) is 1. The van der Waals surface area contributed by atoms with Crippen LogP contribution < -0.4 is 10.2 Å². The number of hydrogen-bond donors (Lipinski definition) is 1. The highest BCUT2D eigenvalue weighted by Crippen LogP contribution is 2.32. The van der Waals surface area contributed by atoms with E-state index in [0.717, 1.165) is 18.5 Å². The minimum atomic E-state index is -0.471. The summed E-state index contributed by atoms with van der Waals surface area (Å²) < 4.78 is 4.80. The summed E-state index contributed by atoms with van der Waals surface area (Å²) in [6, 6.07) is 7.54. The van der Waals surface area contributed by atoms with Gasteiger partial charge in [0.1, 0.15) is 0 Å². The first kappa shape index (κ1) is 13.4. The Balaban J connectivity index is 2.05. The van der Waals surface area contributed by atoms with E-state index in [1.807, 2.05) is 12.1 Å². The average molecular weight is 262 g/mol. The lowest BCUT2D eigenvalue weighted by atomic mass is 10.2. The molecule has 1 aromatic rings. The number of benzene rings is 1. The number of carbonyl (C=O) groups excluding carboxylic acids is 2. The van der Waals surface area contributed by atoms with Gasteiger partial charge in [-0.3, -0.25) is 10.1 Å². The first-order valence-corrected chi connectivity index (χ1v) is 6.45. The first-order chi connectivity index (χ1) is 9.11. The number of ether oxygens (including phenoxy) is 1. The second kappa shape index (κ2) is 5.73. The van der Waals surface area contributed by atoms with Gasteiger partial charge in [0.2, 0.25) is 5.91 Å². The molecule has 1 fully saturated rings. The van der Waals surface area contributed by atoms with E-state index in [2.05, 4.69) is 5.32 Å². The Morgan fingerprint density at radius 1 is 1.32 bits per heavy atom. The molecule has 0 atom stereocenters. The van der Waals surface area contributed by atoms with E-state index in [1.54, 1.807) is 30.9 Å². The lowest BCUT2D eigenvalue weighted by Gasteiger charge is -2.20. The summed E-state index contributed by atoms with van der Waals surface area (Å²) in [4.78, 5) is 24.7. The van der Waals surface area contributed by atoms with E-state index in [1.165, 1.54) is 0 Å². The van der Waals surface area contributed by atoms with Gasteiger partial charge in [0.15, 0.2) is 0 Å². The number of rotatable bonds is 4. The molecule has 0 saturated heterocycles. The number of anilines is 2. The van der Waals surface area contributed by atoms with Gasteiger partial charge in [-0.1, -0.05) is 0 Å². The minimum Gasteiger partial charge on any atom is -0.450 e. The minimum absolute atomic E-state index is 0.0496. The molecule has 102 valence electrons. The third kappa shape index (κ3) is 3.47. The van der Waals surface area contributed by atoms with Crippen LogP contribution in [-0.2, 0) is 9.53 Å². The monoisotopic (exact) mass is 262 g/mol. The molecule has 5 nitrogen and oxygen atoms in total. The van der Waals surface area contributed by atoms with Crippen LogP contribution in [0.25, 0.3) is 0 Å². The van der Waals surface area contributed by atoms with Crippen LogP contribution >= 0.6 is 0 Å². The van der Waals surface area contributed by atoms with Crippen molar-refractivity contribution in [1.29, 1.82) is 0 Å². The van der Waals surface area contributed by atoms with Crippen LogP contribution in [0.1, 0.15) is 26.7 Å². The van der Waals surface area contributed by atoms with Crippen molar-refractivity contribution >= 4 is 23.4 Å². The summed E-state index contributed by atoms with van der Waals surface area (Å²) in [6.45, 7) is 3.66. The van der Waals surface area contributed by atoms with E-state index >= 15 is 0 Å². The Morgan fingerprint density at radius 2 is 1.95 bits per heavy atom. The summed E-state index contributed by atoms with van der Waals surface area (Å²) in [5.41, 5.74) is 1.52. The van der Waals surface area contributed by atoms with E-state index in [9.17, 15) is 9.59 Å². The molecule has 0 aromatic heterocycles. The normalized spacial score (nSPS) is 13.8. The summed E-state index contributed by atoms with van der Waals surface area (Å²) in [5.74, 6) is 0.0496. The van der Waals surface area contributed by atoms with Crippen molar-refractivity contribution in [2.75, 3.05) is 16.8 Å². The largest absolute Gasteiger partial charge is 0.450 e. The fourth-order valence-electron chi connectivity index (χ4n) is 1.97. The fourth-order valence-corrected chi connectivity index (χ4v) is 1.97. The van der Waals surface area contributed by atoms with Crippen LogP contribution in [0.2, 0.25) is 0 Å². The predicted molar refractivity (Wildman–Crippen MR) is 73.3 cm³/mol. The first-order valence-electron chi connectivity index (χ1n) is 6.45. The summed E-state index contributed by atoms with van der Waals surface area (Å²) >= 11 is 0. The third-order valence-corrected chi connectivity index (χ3v) is 2.92. The summed E-state index contributed by atoms with van der Waals surface area (Å²) in [5, 5.41) is 2.62. The van der Waals surface area contributed by atoms with E-state index in [0.29, 0.717) is 18.3 Å². The second-order valence-electron chi connectivity index (χ2n) is 4.51. The van der Waals surface area contributed by atoms with Gasteiger partial charge in [0, 0.05) is 24.3 Å². The third-order valence-electron chi connectivity index (χ3n) is 2.92. The molecule has 2 amide bonds. The number of carbonyl (C=O) groups is 2. The fraction of sp³-hybridized carbons (Fsp3) is 0.429. The Morgan fingerprint density at radius 3 is 2.42 bits per heavy atom. The molecular weight excluding hydrogens is 244 g/mol. The molecule has 0 unspecified atom stereocenters. The topological polar surface area (TPSA) is 58.6 Å². The zero-order valence-electron chi connectivity index (χ0n) is 11.2. The Labute approximate surface area is 112 Å². The van der Waals surface area contributed by atoms with Crippen LogP contribution in [0.15, 0.2) is 24.3 Å². The molecule has 5 heteroatoms. The van der Waals surface area contributed by atoms with E-state index in [-0.39, 0.29) is 5.91 Å². The quantitative estimate of drug-likeness (QED) is 0.907. The van der Waals surface area contributed by atoms with Crippen LogP contribution in [0.4, 0.5) is 16.2 Å². The predicted octanol–water partition coefficient (Wildman–Crippen LogP) is 2.77. The Kier molecular flexibility index (Phi) is 4.04. The standard InChI is InChI=1S/C14H18N2O3/c1-3-19-14(18)15-11-4-6-12(7-5-11)16(10(2)17)13-8-9-13/h4-7,13H,3,8-9H2,1-2H3,(H,15,18). The molecule has 0 spiro atoms. The molecule has 0 aliphatic heterocycles. The number of nitrogens with one attached hydrogen (secondary N) is 1. The SMILES string of the molecule is CCOC(=O)Nc1ccc(N(C(C)=O)C2CC2)cc1. The van der Waals surface area contributed by atoms with Gasteiger partial charge in [-0.05, 0) is 44.0 Å². The van der Waals surface area contributed by atoms with Gasteiger partial charge in [-0.25, -0.2) is 4.79 Å². The second-order valence-corrected chi connectivity index (χ2v) is 4.51. The summed E-state index contributed by atoms with van der Waals surface area (Å²) in [6.07, 6.45) is 1.64. The van der Waals surface area contributed by atoms with Gasteiger partial charge in [-0.2, -0.15) is 0 Å². The molecule has 1 saturated carbocycles. The van der Waals surface area contributed by atoms with Crippen LogP contribution in [0, 0.1) is 0 Å². The number of amides is 2. The maximum atomic E-state index is 11.6. The van der Waals surface area contributed by atoms with E-state index < -0.39 is 6.09 Å². The van der Waals surface area contributed by atoms with Crippen molar-refractivity contribution in [3.63, 3.8) is 0 Å². The van der Waals surface area contributed by atoms with Crippen LogP contribution in [-0.4, -0.2) is 24.6 Å². The van der Waals surface area contributed by atoms with E-state index in [4.69, 9.17) is 4.74 Å². The van der Waals surface area contributed by atoms with Crippen molar-refractivity contribution in [3.05, 3.63) is 24.3 Å². The summed E-state index contributed by atoms with van der Waals surface area (Å²) in [7, 11) is 0. The molecule has 1 aromatic carbocycles. The molecule has 0 bridgehead atoms. The van der Waals surface area contributed by atoms with Crippen molar-refractivity contribution in [3.8, 4) is 0 Å². The zero-order chi connectivity index (χ0) is 13.8. The van der Waals surface area contributed by atoms with Gasteiger partial charge in [-0.15, -0.1) is 0 Å². The Hall–Kier alpha value is -2.04. The van der Waals surface area contributed by atoms with Gasteiger partial charge in [0.25, 0.3) is 0 Å². The van der Waals surface area contributed by atoms with Crippen molar-refractivity contribution in [1.82, 2.24) is 0 Å². The smallest absolute Gasteiger partial charge is 0.411 e. The van der Waals surface area contributed by atoms with Crippen molar-refractivity contribution < 1.29 is 14.3 Å². The zero-order valence-corrected chi connectivity index (χ0v) is 11.2. The molecule has 0 radical (unpaired) electrons. The molecule has 1 N–H and O–H groups in total. The maximum Gasteiger partial charge on any atom is 0.411 e. The molecule has 0 heterocycles. The molecular formula is C14H18N2O3. The van der Waals surface area contributed by atoms with Crippen LogP contribution in [0.5, 0.6) is 0 Å². The molecule has 19 heavy (non-hydrogen) atoms. The highest BCUT2D eigenvalue weighted by molar-refractivity contribution is 5.93. The molecule has 2 rings (SSSR count). The maximum absolute atomic E-state index is 11.6. The highest BCUT2D eigenvalue weighted by Gasteiger charge is 2.31.